The molecule has 3 heterocycles. The van der Waals surface area contributed by atoms with Crippen molar-refractivity contribution >= 4 is 11.6 Å². The first kappa shape index (κ1) is 21.2. The molecule has 32 heavy (non-hydrogen) atoms. The highest BCUT2D eigenvalue weighted by molar-refractivity contribution is 5.96. The van der Waals surface area contributed by atoms with Crippen LogP contribution in [-0.4, -0.2) is 45.5 Å². The number of amides is 1. The molecule has 2 aliphatic heterocycles. The van der Waals surface area contributed by atoms with E-state index in [1.807, 2.05) is 26.8 Å². The molecule has 170 valence electrons. The fourth-order valence-electron chi connectivity index (χ4n) is 5.66. The Bertz CT molecular complexity index is 1050. The van der Waals surface area contributed by atoms with E-state index in [1.165, 1.54) is 11.1 Å². The molecule has 3 aliphatic rings. The number of fused-ring (bicyclic) bond motifs is 2. The van der Waals surface area contributed by atoms with E-state index in [0.29, 0.717) is 25.1 Å². The highest BCUT2D eigenvalue weighted by atomic mass is 16.7. The molecule has 0 saturated carbocycles. The highest BCUT2D eigenvalue weighted by Crippen LogP contribution is 2.46. The summed E-state index contributed by atoms with van der Waals surface area (Å²) >= 11 is 0. The maximum Gasteiger partial charge on any atom is 0.234 e. The van der Waals surface area contributed by atoms with Gasteiger partial charge in [-0.3, -0.25) is 4.79 Å². The highest BCUT2D eigenvalue weighted by Gasteiger charge is 2.49. The number of carbonyl (C=O) groups is 1. The van der Waals surface area contributed by atoms with Crippen molar-refractivity contribution in [1.29, 1.82) is 0 Å². The first-order valence-electron chi connectivity index (χ1n) is 11.6. The average molecular weight is 438 g/mol. The number of hydrogen-bond donors (Lipinski definition) is 1. The minimum absolute atomic E-state index is 0.0339. The van der Waals surface area contributed by atoms with E-state index < -0.39 is 17.6 Å². The van der Waals surface area contributed by atoms with Crippen molar-refractivity contribution in [2.24, 2.45) is 11.1 Å². The molecule has 1 saturated heterocycles. The van der Waals surface area contributed by atoms with E-state index in [2.05, 4.69) is 34.6 Å². The van der Waals surface area contributed by atoms with Crippen molar-refractivity contribution in [3.05, 3.63) is 52.9 Å². The zero-order valence-corrected chi connectivity index (χ0v) is 19.0. The summed E-state index contributed by atoms with van der Waals surface area (Å²) < 4.78 is 5.47. The number of aryl methyl sites for hydroxylation is 2. The van der Waals surface area contributed by atoms with Crippen LogP contribution >= 0.6 is 0 Å². The van der Waals surface area contributed by atoms with Gasteiger partial charge in [-0.25, -0.2) is 0 Å². The molecule has 1 amide bonds. The minimum atomic E-state index is -0.578. The molecule has 7 nitrogen and oxygen atoms in total. The Balaban J connectivity index is 1.41. The summed E-state index contributed by atoms with van der Waals surface area (Å²) in [6.07, 6.45) is 3.56. The fraction of sp³-hybridized carbons (Fsp3) is 0.560. The second-order valence-corrected chi connectivity index (χ2v) is 9.84. The SMILES string of the molecule is Cc1cc([C@H](C(=O)N2C[C@H](O)C[C@@H]2C2=NOC3(CCCc4ccccc43)C2)C(C)C)on1. The van der Waals surface area contributed by atoms with Gasteiger partial charge in [0, 0.05) is 31.0 Å². The quantitative estimate of drug-likeness (QED) is 0.788. The molecular formula is C25H31N3O4. The van der Waals surface area contributed by atoms with Crippen LogP contribution in [0.5, 0.6) is 0 Å². The molecule has 4 atom stereocenters. The lowest BCUT2D eigenvalue weighted by Crippen LogP contribution is -2.44. The summed E-state index contributed by atoms with van der Waals surface area (Å²) in [5, 5.41) is 19.0. The van der Waals surface area contributed by atoms with Gasteiger partial charge in [-0.2, -0.15) is 0 Å². The van der Waals surface area contributed by atoms with Crippen LogP contribution in [0.2, 0.25) is 0 Å². The molecule has 5 rings (SSSR count). The third-order valence-corrected chi connectivity index (χ3v) is 7.17. The van der Waals surface area contributed by atoms with Crippen molar-refractivity contribution < 1.29 is 19.3 Å². The van der Waals surface area contributed by atoms with E-state index in [0.717, 1.165) is 30.7 Å². The van der Waals surface area contributed by atoms with Gasteiger partial charge in [0.05, 0.1) is 23.6 Å². The second kappa shape index (κ2) is 8.03. The lowest BCUT2D eigenvalue weighted by Gasteiger charge is -2.34. The summed E-state index contributed by atoms with van der Waals surface area (Å²) in [5.74, 6) is 0.109. The Morgan fingerprint density at radius 2 is 2.12 bits per heavy atom. The van der Waals surface area contributed by atoms with Gasteiger partial charge in [0.2, 0.25) is 5.91 Å². The largest absolute Gasteiger partial charge is 0.391 e. The van der Waals surface area contributed by atoms with Crippen LogP contribution in [0.15, 0.2) is 40.0 Å². The molecule has 1 N–H and O–H groups in total. The number of aliphatic hydroxyl groups excluding tert-OH is 1. The molecule has 1 aromatic carbocycles. The molecule has 1 fully saturated rings. The Morgan fingerprint density at radius 3 is 2.88 bits per heavy atom. The van der Waals surface area contributed by atoms with Gasteiger partial charge >= 0.3 is 0 Å². The monoisotopic (exact) mass is 437 g/mol. The number of rotatable bonds is 4. The van der Waals surface area contributed by atoms with Gasteiger partial charge in [-0.05, 0) is 37.7 Å². The van der Waals surface area contributed by atoms with Gasteiger partial charge in [-0.1, -0.05) is 48.4 Å². The van der Waals surface area contributed by atoms with Crippen LogP contribution in [0.4, 0.5) is 0 Å². The molecule has 7 heteroatoms. The minimum Gasteiger partial charge on any atom is -0.391 e. The Hall–Kier alpha value is -2.67. The number of nitrogens with zero attached hydrogens (tertiary/aromatic N) is 3. The third kappa shape index (κ3) is 3.52. The van der Waals surface area contributed by atoms with Gasteiger partial charge in [0.25, 0.3) is 0 Å². The zero-order chi connectivity index (χ0) is 22.5. The van der Waals surface area contributed by atoms with Gasteiger partial charge in [0.1, 0.15) is 11.7 Å². The van der Waals surface area contributed by atoms with E-state index in [4.69, 9.17) is 9.36 Å². The van der Waals surface area contributed by atoms with Crippen LogP contribution < -0.4 is 0 Å². The van der Waals surface area contributed by atoms with Crippen LogP contribution in [0, 0.1) is 12.8 Å². The number of benzene rings is 1. The molecular weight excluding hydrogens is 406 g/mol. The van der Waals surface area contributed by atoms with E-state index in [9.17, 15) is 9.90 Å². The van der Waals surface area contributed by atoms with E-state index in [-0.39, 0.29) is 17.9 Å². The maximum absolute atomic E-state index is 13.7. The Morgan fingerprint density at radius 1 is 1.31 bits per heavy atom. The lowest BCUT2D eigenvalue weighted by atomic mass is 9.76. The summed E-state index contributed by atoms with van der Waals surface area (Å²) in [5.41, 5.74) is 3.67. The van der Waals surface area contributed by atoms with E-state index in [1.54, 1.807) is 4.90 Å². The zero-order valence-electron chi connectivity index (χ0n) is 19.0. The summed E-state index contributed by atoms with van der Waals surface area (Å²) in [7, 11) is 0. The molecule has 2 aromatic rings. The Labute approximate surface area is 188 Å². The number of oxime groups is 1. The van der Waals surface area contributed by atoms with Gasteiger partial charge in [0.15, 0.2) is 5.60 Å². The van der Waals surface area contributed by atoms with Crippen molar-refractivity contribution in [2.75, 3.05) is 6.54 Å². The number of hydrogen-bond acceptors (Lipinski definition) is 6. The maximum atomic E-state index is 13.7. The first-order chi connectivity index (χ1) is 15.4. The topological polar surface area (TPSA) is 88.2 Å². The Kier molecular flexibility index (Phi) is 5.32. The molecule has 1 aliphatic carbocycles. The molecule has 1 unspecified atom stereocenters. The van der Waals surface area contributed by atoms with Crippen LogP contribution in [0.1, 0.15) is 68.0 Å². The third-order valence-electron chi connectivity index (χ3n) is 7.17. The predicted molar refractivity (Wildman–Crippen MR) is 119 cm³/mol. The molecule has 1 aromatic heterocycles. The van der Waals surface area contributed by atoms with Crippen LogP contribution in [-0.2, 0) is 21.7 Å². The normalized spacial score (nSPS) is 28.0. The lowest BCUT2D eigenvalue weighted by molar-refractivity contribution is -0.134. The summed E-state index contributed by atoms with van der Waals surface area (Å²) in [6, 6.07) is 9.99. The van der Waals surface area contributed by atoms with Crippen molar-refractivity contribution in [3.8, 4) is 0 Å². The number of aromatic nitrogens is 1. The molecule has 1 spiro atoms. The molecule has 0 bridgehead atoms. The van der Waals surface area contributed by atoms with Gasteiger partial charge < -0.3 is 19.4 Å². The number of carbonyl (C=O) groups excluding carboxylic acids is 1. The summed E-state index contributed by atoms with van der Waals surface area (Å²) in [4.78, 5) is 21.6. The van der Waals surface area contributed by atoms with Crippen LogP contribution in [0.25, 0.3) is 0 Å². The number of likely N-dealkylation sites (tertiary alicyclic amines) is 1. The van der Waals surface area contributed by atoms with Crippen molar-refractivity contribution in [3.63, 3.8) is 0 Å². The standard InChI is InChI=1S/C25H31N3O4/c1-15(2)23(22-11-16(3)26-31-22)24(30)28-14-18(29)12-21(28)20-13-25(32-27-20)10-6-8-17-7-4-5-9-19(17)25/h4-5,7,9,11,15,18,21,23,29H,6,8,10,12-14H2,1-3H3/t18-,21-,23-,25?/m1/s1. The molecule has 0 radical (unpaired) electrons. The summed E-state index contributed by atoms with van der Waals surface area (Å²) in [6.45, 7) is 6.16. The number of aliphatic hydroxyl groups is 1. The number of β-amino-alcohol motifs (C(OH)–C–C–N with tert-alkyl or cyclic N) is 1. The van der Waals surface area contributed by atoms with Crippen molar-refractivity contribution in [1.82, 2.24) is 10.1 Å². The van der Waals surface area contributed by atoms with Gasteiger partial charge in [-0.15, -0.1) is 0 Å². The second-order valence-electron chi connectivity index (χ2n) is 9.84. The average Bonchev–Trinajstić information content (AvgIpc) is 3.48. The first-order valence-corrected chi connectivity index (χ1v) is 11.6. The van der Waals surface area contributed by atoms with Crippen molar-refractivity contribution in [2.45, 2.75) is 76.5 Å². The predicted octanol–water partition coefficient (Wildman–Crippen LogP) is 3.69. The smallest absolute Gasteiger partial charge is 0.234 e. The fourth-order valence-corrected chi connectivity index (χ4v) is 5.66. The van der Waals surface area contributed by atoms with Crippen LogP contribution in [0.3, 0.4) is 0 Å². The van der Waals surface area contributed by atoms with E-state index >= 15 is 0 Å².